The van der Waals surface area contributed by atoms with Crippen LogP contribution in [0.5, 0.6) is 0 Å². The Labute approximate surface area is 55.3 Å². The Bertz CT molecular complexity index is 78.4. The van der Waals surface area contributed by atoms with Crippen molar-refractivity contribution in [1.82, 2.24) is 0 Å². The summed E-state index contributed by atoms with van der Waals surface area (Å²) in [5.74, 6) is 1.25. The van der Waals surface area contributed by atoms with Crippen molar-refractivity contribution in [1.29, 1.82) is 0 Å². The molecule has 0 N–H and O–H groups in total. The van der Waals surface area contributed by atoms with E-state index in [0.717, 1.165) is 0 Å². The standard InChI is InChI=1S/C7H15S/c1-7(2)5-6-8(3)4/h5H,6H2,1-4H3/q+1. The van der Waals surface area contributed by atoms with E-state index in [1.165, 1.54) is 11.3 Å². The highest BCUT2D eigenvalue weighted by molar-refractivity contribution is 7.95. The molecule has 0 spiro atoms. The predicted molar refractivity (Wildman–Crippen MR) is 43.5 cm³/mol. The summed E-state index contributed by atoms with van der Waals surface area (Å²) in [5.41, 5.74) is 1.44. The van der Waals surface area contributed by atoms with Crippen molar-refractivity contribution in [3.05, 3.63) is 11.6 Å². The van der Waals surface area contributed by atoms with Gasteiger partial charge in [0.05, 0.1) is 12.5 Å². The van der Waals surface area contributed by atoms with E-state index in [-0.39, 0.29) is 0 Å². The SMILES string of the molecule is CC(C)=CC[S+](C)C. The van der Waals surface area contributed by atoms with Gasteiger partial charge in [-0.2, -0.15) is 0 Å². The number of hydrogen-bond donors (Lipinski definition) is 0. The monoisotopic (exact) mass is 131 g/mol. The maximum absolute atomic E-state index is 2.29. The third kappa shape index (κ3) is 6.09. The average molecular weight is 131 g/mol. The summed E-state index contributed by atoms with van der Waals surface area (Å²) in [6, 6.07) is 0. The molecule has 0 saturated carbocycles. The molecule has 0 unspecified atom stereocenters. The van der Waals surface area contributed by atoms with Gasteiger partial charge in [-0.25, -0.2) is 0 Å². The number of hydrogen-bond acceptors (Lipinski definition) is 0. The Kier molecular flexibility index (Phi) is 4.06. The largest absolute Gasteiger partial charge is 0.126 e. The van der Waals surface area contributed by atoms with Crippen molar-refractivity contribution in [2.75, 3.05) is 18.3 Å². The Hall–Kier alpha value is 0.0900. The van der Waals surface area contributed by atoms with Crippen LogP contribution in [-0.4, -0.2) is 18.3 Å². The minimum Gasteiger partial charge on any atom is -0.0758 e. The molecule has 0 atom stereocenters. The van der Waals surface area contributed by atoms with Crippen LogP contribution < -0.4 is 0 Å². The average Bonchev–Trinajstić information content (AvgIpc) is 1.61. The lowest BCUT2D eigenvalue weighted by molar-refractivity contribution is 1.37. The molecule has 0 heterocycles. The molecule has 0 aromatic rings. The summed E-state index contributed by atoms with van der Waals surface area (Å²) in [7, 11) is 0.587. The lowest BCUT2D eigenvalue weighted by Crippen LogP contribution is -1.97. The molecule has 0 aliphatic heterocycles. The molecule has 48 valence electrons. The van der Waals surface area contributed by atoms with Gasteiger partial charge in [0.1, 0.15) is 5.75 Å². The second-order valence-corrected chi connectivity index (χ2v) is 4.74. The molecule has 1 heteroatoms. The second-order valence-electron chi connectivity index (χ2n) is 2.43. The first-order chi connectivity index (χ1) is 3.63. The molecular weight excluding hydrogens is 116 g/mol. The third-order valence-electron chi connectivity index (χ3n) is 0.825. The molecule has 0 amide bonds. The smallest absolute Gasteiger partial charge is 0.0758 e. The van der Waals surface area contributed by atoms with Crippen molar-refractivity contribution < 1.29 is 0 Å². The van der Waals surface area contributed by atoms with Gasteiger partial charge >= 0.3 is 0 Å². The Morgan fingerprint density at radius 1 is 1.38 bits per heavy atom. The molecule has 0 rings (SSSR count). The van der Waals surface area contributed by atoms with Crippen LogP contribution in [0.2, 0.25) is 0 Å². The molecule has 8 heavy (non-hydrogen) atoms. The topological polar surface area (TPSA) is 0 Å². The van der Waals surface area contributed by atoms with Crippen LogP contribution >= 0.6 is 0 Å². The summed E-state index contributed by atoms with van der Waals surface area (Å²) in [6.45, 7) is 4.29. The zero-order chi connectivity index (χ0) is 6.57. The summed E-state index contributed by atoms with van der Waals surface area (Å²) < 4.78 is 0. The van der Waals surface area contributed by atoms with E-state index >= 15 is 0 Å². The van der Waals surface area contributed by atoms with E-state index < -0.39 is 0 Å². The van der Waals surface area contributed by atoms with Crippen molar-refractivity contribution >= 4 is 10.9 Å². The van der Waals surface area contributed by atoms with E-state index in [4.69, 9.17) is 0 Å². The highest BCUT2D eigenvalue weighted by Gasteiger charge is 1.95. The van der Waals surface area contributed by atoms with Gasteiger partial charge in [0.25, 0.3) is 0 Å². The molecule has 0 saturated heterocycles. The Morgan fingerprint density at radius 3 is 2.00 bits per heavy atom. The lowest BCUT2D eigenvalue weighted by atomic mass is 10.3. The Morgan fingerprint density at radius 2 is 1.88 bits per heavy atom. The van der Waals surface area contributed by atoms with Crippen molar-refractivity contribution in [3.8, 4) is 0 Å². The van der Waals surface area contributed by atoms with Gasteiger partial charge in [0.15, 0.2) is 0 Å². The highest BCUT2D eigenvalue weighted by Crippen LogP contribution is 1.91. The second kappa shape index (κ2) is 4.02. The number of allylic oxidation sites excluding steroid dienone is 1. The van der Waals surface area contributed by atoms with E-state index in [1.54, 1.807) is 0 Å². The molecule has 0 radical (unpaired) electrons. The van der Waals surface area contributed by atoms with Crippen molar-refractivity contribution in [2.24, 2.45) is 0 Å². The van der Waals surface area contributed by atoms with Gasteiger partial charge in [-0.15, -0.1) is 0 Å². The van der Waals surface area contributed by atoms with Crippen LogP contribution in [0.3, 0.4) is 0 Å². The quantitative estimate of drug-likeness (QED) is 0.396. The lowest BCUT2D eigenvalue weighted by Gasteiger charge is -1.89. The van der Waals surface area contributed by atoms with Crippen LogP contribution in [0.1, 0.15) is 13.8 Å². The predicted octanol–water partition coefficient (Wildman–Crippen LogP) is 1.83. The maximum atomic E-state index is 2.29. The first kappa shape index (κ1) is 8.09. The first-order valence-corrected chi connectivity index (χ1v) is 5.01. The normalized spacial score (nSPS) is 9.62. The fraction of sp³-hybridized carbons (Fsp3) is 0.714. The molecule has 0 bridgehead atoms. The van der Waals surface area contributed by atoms with Gasteiger partial charge in [-0.1, -0.05) is 5.57 Å². The van der Waals surface area contributed by atoms with Crippen molar-refractivity contribution in [2.45, 2.75) is 13.8 Å². The minimum absolute atomic E-state index is 0.587. The summed E-state index contributed by atoms with van der Waals surface area (Å²) in [5, 5.41) is 0. The minimum atomic E-state index is 0.587. The van der Waals surface area contributed by atoms with Crippen LogP contribution in [0.25, 0.3) is 0 Å². The summed E-state index contributed by atoms with van der Waals surface area (Å²) in [6.07, 6.45) is 6.82. The van der Waals surface area contributed by atoms with Gasteiger partial charge < -0.3 is 0 Å². The van der Waals surface area contributed by atoms with E-state index in [9.17, 15) is 0 Å². The molecular formula is C7H15S+. The summed E-state index contributed by atoms with van der Waals surface area (Å²) in [4.78, 5) is 0. The summed E-state index contributed by atoms with van der Waals surface area (Å²) >= 11 is 0. The van der Waals surface area contributed by atoms with Crippen LogP contribution in [0.4, 0.5) is 0 Å². The molecule has 0 aliphatic rings. The molecule has 0 aromatic carbocycles. The Balaban J connectivity index is 3.29. The van der Waals surface area contributed by atoms with Gasteiger partial charge in [-0.3, -0.25) is 0 Å². The van der Waals surface area contributed by atoms with E-state index in [1.807, 2.05) is 0 Å². The fourth-order valence-electron chi connectivity index (χ4n) is 0.333. The van der Waals surface area contributed by atoms with Gasteiger partial charge in [0, 0.05) is 0 Å². The third-order valence-corrected chi connectivity index (χ3v) is 1.66. The van der Waals surface area contributed by atoms with E-state index in [0.29, 0.717) is 10.9 Å². The van der Waals surface area contributed by atoms with Gasteiger partial charge in [-0.05, 0) is 30.8 Å². The van der Waals surface area contributed by atoms with Crippen LogP contribution in [-0.2, 0) is 10.9 Å². The van der Waals surface area contributed by atoms with Crippen LogP contribution in [0.15, 0.2) is 11.6 Å². The number of rotatable bonds is 2. The molecule has 0 nitrogen and oxygen atoms in total. The molecule has 0 aromatic heterocycles. The fourth-order valence-corrected chi connectivity index (χ4v) is 1.000. The molecule has 0 aliphatic carbocycles. The highest BCUT2D eigenvalue weighted by atomic mass is 32.2. The first-order valence-electron chi connectivity index (χ1n) is 2.80. The van der Waals surface area contributed by atoms with Crippen molar-refractivity contribution in [3.63, 3.8) is 0 Å². The zero-order valence-electron chi connectivity index (χ0n) is 6.19. The zero-order valence-corrected chi connectivity index (χ0v) is 7.01. The van der Waals surface area contributed by atoms with Gasteiger partial charge in [0.2, 0.25) is 0 Å². The van der Waals surface area contributed by atoms with Crippen LogP contribution in [0, 0.1) is 0 Å². The maximum Gasteiger partial charge on any atom is 0.126 e. The molecule has 0 fully saturated rings. The van der Waals surface area contributed by atoms with E-state index in [2.05, 4.69) is 32.4 Å².